The number of benzene rings is 2. The second kappa shape index (κ2) is 7.65. The lowest BCUT2D eigenvalue weighted by molar-refractivity contribution is 0.462. The molecule has 0 bridgehead atoms. The maximum atomic E-state index is 12.3. The van der Waals surface area contributed by atoms with E-state index in [4.69, 9.17) is 16.3 Å². The fraction of sp³-hybridized carbons (Fsp3) is 0.0556. The lowest BCUT2D eigenvalue weighted by Gasteiger charge is -2.09. The van der Waals surface area contributed by atoms with Crippen molar-refractivity contribution in [3.05, 3.63) is 83.5 Å². The first-order chi connectivity index (χ1) is 12.0. The summed E-state index contributed by atoms with van der Waals surface area (Å²) < 4.78 is 32.8. The number of hydrogen-bond donors (Lipinski definition) is 1. The van der Waals surface area contributed by atoms with Gasteiger partial charge in [-0.3, -0.25) is 0 Å². The fourth-order valence-corrected chi connectivity index (χ4v) is 3.27. The summed E-state index contributed by atoms with van der Waals surface area (Å²) in [5.74, 6) is 1.06. The Labute approximate surface area is 151 Å². The van der Waals surface area contributed by atoms with Crippen LogP contribution in [0.3, 0.4) is 0 Å². The molecule has 0 aliphatic carbocycles. The van der Waals surface area contributed by atoms with E-state index in [0.717, 1.165) is 5.56 Å². The molecule has 25 heavy (non-hydrogen) atoms. The van der Waals surface area contributed by atoms with Crippen LogP contribution in [0, 0.1) is 0 Å². The molecule has 7 heteroatoms. The van der Waals surface area contributed by atoms with Crippen LogP contribution in [0.4, 0.5) is 0 Å². The smallest absolute Gasteiger partial charge is 0.240 e. The Kier molecular flexibility index (Phi) is 5.33. The Hall–Kier alpha value is -2.41. The molecule has 1 N–H and O–H groups in total. The van der Waals surface area contributed by atoms with Crippen molar-refractivity contribution in [2.45, 2.75) is 11.4 Å². The van der Waals surface area contributed by atoms with Crippen molar-refractivity contribution in [2.75, 3.05) is 0 Å². The summed E-state index contributed by atoms with van der Waals surface area (Å²) in [6, 6.07) is 18.5. The Morgan fingerprint density at radius 1 is 1.00 bits per heavy atom. The van der Waals surface area contributed by atoms with Crippen LogP contribution < -0.4 is 9.46 Å². The number of halogens is 1. The van der Waals surface area contributed by atoms with E-state index in [1.807, 2.05) is 12.1 Å². The highest BCUT2D eigenvalue weighted by atomic mass is 35.5. The Balaban J connectivity index is 1.69. The van der Waals surface area contributed by atoms with Crippen LogP contribution in [0.25, 0.3) is 0 Å². The first-order valence-corrected chi connectivity index (χ1v) is 9.32. The predicted molar refractivity (Wildman–Crippen MR) is 96.2 cm³/mol. The van der Waals surface area contributed by atoms with Crippen LogP contribution in [-0.2, 0) is 16.6 Å². The highest BCUT2D eigenvalue weighted by Gasteiger charge is 2.13. The summed E-state index contributed by atoms with van der Waals surface area (Å²) in [5, 5.41) is 0.485. The third-order valence-corrected chi connectivity index (χ3v) is 5.02. The lowest BCUT2D eigenvalue weighted by Crippen LogP contribution is -2.23. The van der Waals surface area contributed by atoms with Crippen LogP contribution in [0.1, 0.15) is 5.56 Å². The Morgan fingerprint density at radius 2 is 1.80 bits per heavy atom. The van der Waals surface area contributed by atoms with E-state index in [1.165, 1.54) is 24.3 Å². The molecule has 0 aliphatic heterocycles. The molecule has 0 fully saturated rings. The van der Waals surface area contributed by atoms with Gasteiger partial charge < -0.3 is 4.74 Å². The van der Waals surface area contributed by atoms with Gasteiger partial charge >= 0.3 is 0 Å². The van der Waals surface area contributed by atoms with Crippen LogP contribution in [0.15, 0.2) is 77.8 Å². The van der Waals surface area contributed by atoms with Gasteiger partial charge in [0.15, 0.2) is 0 Å². The van der Waals surface area contributed by atoms with Crippen LogP contribution in [0.2, 0.25) is 5.02 Å². The minimum absolute atomic E-state index is 0.143. The van der Waals surface area contributed by atoms with Gasteiger partial charge in [-0.05, 0) is 48.0 Å². The van der Waals surface area contributed by atoms with Gasteiger partial charge in [-0.15, -0.1) is 0 Å². The minimum atomic E-state index is -3.61. The Morgan fingerprint density at radius 3 is 2.52 bits per heavy atom. The first-order valence-electron chi connectivity index (χ1n) is 7.46. The lowest BCUT2D eigenvalue weighted by atomic mass is 10.2. The summed E-state index contributed by atoms with van der Waals surface area (Å²) in [6.45, 7) is 0.143. The van der Waals surface area contributed by atoms with E-state index in [-0.39, 0.29) is 11.4 Å². The molecule has 0 spiro atoms. The third kappa shape index (κ3) is 4.79. The second-order valence-electron chi connectivity index (χ2n) is 5.20. The second-order valence-corrected chi connectivity index (χ2v) is 7.40. The predicted octanol–water partition coefficient (Wildman–Crippen LogP) is 4.01. The normalized spacial score (nSPS) is 11.2. The minimum Gasteiger partial charge on any atom is -0.439 e. The number of hydrogen-bond acceptors (Lipinski definition) is 4. The third-order valence-electron chi connectivity index (χ3n) is 3.35. The number of aromatic nitrogens is 1. The largest absolute Gasteiger partial charge is 0.439 e. The van der Waals surface area contributed by atoms with Crippen molar-refractivity contribution in [1.29, 1.82) is 0 Å². The summed E-state index contributed by atoms with van der Waals surface area (Å²) in [7, 11) is -3.61. The highest BCUT2D eigenvalue weighted by Crippen LogP contribution is 2.20. The van der Waals surface area contributed by atoms with E-state index in [1.54, 1.807) is 36.5 Å². The molecule has 0 radical (unpaired) electrons. The molecule has 3 aromatic rings. The number of pyridine rings is 1. The molecule has 5 nitrogen and oxygen atoms in total. The number of sulfonamides is 1. The zero-order valence-electron chi connectivity index (χ0n) is 13.1. The molecule has 1 heterocycles. The summed E-state index contributed by atoms with van der Waals surface area (Å²) >= 11 is 5.78. The molecular formula is C18H15ClN2O3S. The van der Waals surface area contributed by atoms with Crippen molar-refractivity contribution in [3.63, 3.8) is 0 Å². The quantitative estimate of drug-likeness (QED) is 0.708. The summed E-state index contributed by atoms with van der Waals surface area (Å²) in [5.41, 5.74) is 0.769. The van der Waals surface area contributed by atoms with Crippen molar-refractivity contribution in [1.82, 2.24) is 9.71 Å². The highest BCUT2D eigenvalue weighted by molar-refractivity contribution is 7.89. The number of rotatable bonds is 6. The fourth-order valence-electron chi connectivity index (χ4n) is 2.12. The zero-order valence-corrected chi connectivity index (χ0v) is 14.7. The number of nitrogens with one attached hydrogen (secondary N) is 1. The molecule has 0 saturated carbocycles. The van der Waals surface area contributed by atoms with Crippen LogP contribution >= 0.6 is 11.6 Å². The van der Waals surface area contributed by atoms with E-state index >= 15 is 0 Å². The molecule has 3 rings (SSSR count). The van der Waals surface area contributed by atoms with Gasteiger partial charge in [0, 0.05) is 23.8 Å². The van der Waals surface area contributed by atoms with Gasteiger partial charge in [-0.1, -0.05) is 29.8 Å². The number of nitrogens with zero attached hydrogens (tertiary/aromatic N) is 1. The first kappa shape index (κ1) is 17.4. The van der Waals surface area contributed by atoms with Crippen molar-refractivity contribution < 1.29 is 13.2 Å². The van der Waals surface area contributed by atoms with Gasteiger partial charge in [0.05, 0.1) is 4.90 Å². The average molecular weight is 375 g/mol. The topological polar surface area (TPSA) is 68.3 Å². The molecule has 0 amide bonds. The van der Waals surface area contributed by atoms with Gasteiger partial charge in [0.2, 0.25) is 15.9 Å². The molecule has 2 aromatic carbocycles. The zero-order chi connectivity index (χ0) is 17.7. The number of ether oxygens (including phenoxy) is 1. The summed E-state index contributed by atoms with van der Waals surface area (Å²) in [4.78, 5) is 4.26. The van der Waals surface area contributed by atoms with E-state index < -0.39 is 10.0 Å². The molecule has 0 atom stereocenters. The van der Waals surface area contributed by atoms with E-state index in [2.05, 4.69) is 9.71 Å². The maximum Gasteiger partial charge on any atom is 0.240 e. The van der Waals surface area contributed by atoms with Gasteiger partial charge in [-0.25, -0.2) is 18.1 Å². The maximum absolute atomic E-state index is 12.3. The van der Waals surface area contributed by atoms with E-state index in [9.17, 15) is 8.42 Å². The van der Waals surface area contributed by atoms with Crippen molar-refractivity contribution in [2.24, 2.45) is 0 Å². The van der Waals surface area contributed by atoms with Gasteiger partial charge in [0.25, 0.3) is 0 Å². The standard InChI is InChI=1S/C18H15ClN2O3S/c19-15-7-9-17(10-8-15)25(22,23)21-13-14-4-3-5-16(12-14)24-18-6-1-2-11-20-18/h1-12,21H,13H2. The van der Waals surface area contributed by atoms with E-state index in [0.29, 0.717) is 16.7 Å². The molecular weight excluding hydrogens is 360 g/mol. The molecule has 0 aliphatic rings. The van der Waals surface area contributed by atoms with Crippen molar-refractivity contribution >= 4 is 21.6 Å². The molecule has 0 unspecified atom stereocenters. The molecule has 128 valence electrons. The van der Waals surface area contributed by atoms with Gasteiger partial charge in [0.1, 0.15) is 5.75 Å². The van der Waals surface area contributed by atoms with Crippen molar-refractivity contribution in [3.8, 4) is 11.6 Å². The monoisotopic (exact) mass is 374 g/mol. The SMILES string of the molecule is O=S(=O)(NCc1cccc(Oc2ccccn2)c1)c1ccc(Cl)cc1. The van der Waals surface area contributed by atoms with Gasteiger partial charge in [-0.2, -0.15) is 0 Å². The molecule has 0 saturated heterocycles. The average Bonchev–Trinajstić information content (AvgIpc) is 2.62. The summed E-state index contributed by atoms with van der Waals surface area (Å²) in [6.07, 6.45) is 1.64. The van der Waals surface area contributed by atoms with Crippen LogP contribution in [0.5, 0.6) is 11.6 Å². The Bertz CT molecular complexity index is 946. The molecule has 1 aromatic heterocycles. The van der Waals surface area contributed by atoms with Crippen LogP contribution in [-0.4, -0.2) is 13.4 Å².